The van der Waals surface area contributed by atoms with Gasteiger partial charge in [0.25, 0.3) is 5.91 Å². The number of amides is 3. The minimum atomic E-state index is -0.854. The van der Waals surface area contributed by atoms with E-state index in [9.17, 15) is 14.4 Å². The lowest BCUT2D eigenvalue weighted by Crippen LogP contribution is -2.50. The molecule has 0 radical (unpaired) electrons. The fraction of sp³-hybridized carbons (Fsp3) is 0.303. The lowest BCUT2D eigenvalue weighted by atomic mass is 10.1. The Hall–Kier alpha value is -4.64. The van der Waals surface area contributed by atoms with Crippen LogP contribution < -0.4 is 15.0 Å². The Morgan fingerprint density at radius 3 is 2.50 bits per heavy atom. The number of anilines is 2. The van der Waals surface area contributed by atoms with Gasteiger partial charge in [-0.3, -0.25) is 19.4 Å². The predicted molar refractivity (Wildman–Crippen MR) is 174 cm³/mol. The summed E-state index contributed by atoms with van der Waals surface area (Å²) in [6.45, 7) is 4.54. The third-order valence-electron chi connectivity index (χ3n) is 7.92. The van der Waals surface area contributed by atoms with E-state index in [0.717, 1.165) is 24.3 Å². The molecule has 3 heterocycles. The zero-order chi connectivity index (χ0) is 30.6. The molecule has 0 saturated carbocycles. The Morgan fingerprint density at radius 1 is 1.00 bits per heavy atom. The molecule has 10 nitrogen and oxygen atoms in total. The van der Waals surface area contributed by atoms with E-state index in [2.05, 4.69) is 22.3 Å². The third kappa shape index (κ3) is 6.05. The largest absolute Gasteiger partial charge is 0.497 e. The van der Waals surface area contributed by atoms with Crippen LogP contribution in [0.25, 0.3) is 0 Å². The molecule has 0 spiro atoms. The van der Waals surface area contributed by atoms with Gasteiger partial charge >= 0.3 is 0 Å². The van der Waals surface area contributed by atoms with Crippen LogP contribution >= 0.6 is 11.8 Å². The van der Waals surface area contributed by atoms with Crippen molar-refractivity contribution in [1.82, 2.24) is 9.80 Å². The van der Waals surface area contributed by atoms with Crippen molar-refractivity contribution in [3.05, 3.63) is 84.4 Å². The Bertz CT molecular complexity index is 1620. The lowest BCUT2D eigenvalue weighted by Gasteiger charge is -2.36. The Morgan fingerprint density at radius 2 is 1.75 bits per heavy atom. The number of aliphatic imine (C=N–C) groups is 2. The SMILES string of the molecule is CC[C@H](SC1=Nc2ccccc2C2=N[C@H](CC(=O)N3CCN(c4ccccc4)CC3)C(=O)N12)C(=O)Nc1cccc(OC)c1. The normalized spacial score (nSPS) is 18.2. The molecule has 3 aliphatic heterocycles. The van der Waals surface area contributed by atoms with Crippen LogP contribution in [0.1, 0.15) is 25.3 Å². The third-order valence-corrected chi connectivity index (χ3v) is 9.23. The molecular formula is C33H34N6O4S. The van der Waals surface area contributed by atoms with Crippen molar-refractivity contribution in [1.29, 1.82) is 0 Å². The highest BCUT2D eigenvalue weighted by atomic mass is 32.2. The molecule has 2 atom stereocenters. The number of methoxy groups -OCH3 is 1. The van der Waals surface area contributed by atoms with E-state index in [1.165, 1.54) is 16.7 Å². The van der Waals surface area contributed by atoms with Crippen LogP contribution in [0.2, 0.25) is 0 Å². The standard InChI is InChI=1S/C33H34N6O4S/c1-3-28(31(41)34-22-10-9-13-24(20-22)43-2)44-33-36-26-15-8-7-14-25(26)30-35-27(32(42)39(30)33)21-29(40)38-18-16-37(17-19-38)23-11-5-4-6-12-23/h4-15,20,27-28H,3,16-19,21H2,1-2H3,(H,34,41)/t27-,28+/m1/s1. The van der Waals surface area contributed by atoms with E-state index in [-0.39, 0.29) is 24.1 Å². The van der Waals surface area contributed by atoms with Gasteiger partial charge < -0.3 is 19.9 Å². The van der Waals surface area contributed by atoms with Gasteiger partial charge in [-0.25, -0.2) is 9.89 Å². The summed E-state index contributed by atoms with van der Waals surface area (Å²) in [6, 6.07) is 23.9. The molecule has 44 heavy (non-hydrogen) atoms. The van der Waals surface area contributed by atoms with Gasteiger partial charge in [-0.2, -0.15) is 0 Å². The van der Waals surface area contributed by atoms with Gasteiger partial charge in [0.15, 0.2) is 5.17 Å². The molecule has 0 aliphatic carbocycles. The molecule has 0 aromatic heterocycles. The van der Waals surface area contributed by atoms with Crippen molar-refractivity contribution in [2.45, 2.75) is 31.1 Å². The van der Waals surface area contributed by atoms with Gasteiger partial charge in [0, 0.05) is 49.2 Å². The Kier molecular flexibility index (Phi) is 8.65. The van der Waals surface area contributed by atoms with Gasteiger partial charge in [-0.15, -0.1) is 0 Å². The van der Waals surface area contributed by atoms with E-state index >= 15 is 0 Å². The number of carbonyl (C=O) groups is 3. The molecule has 1 fully saturated rings. The summed E-state index contributed by atoms with van der Waals surface area (Å²) in [6.07, 6.45) is 0.490. The molecule has 0 bridgehead atoms. The summed E-state index contributed by atoms with van der Waals surface area (Å²) in [4.78, 5) is 55.7. The van der Waals surface area contributed by atoms with Crippen molar-refractivity contribution in [3.8, 4) is 5.75 Å². The number of carbonyl (C=O) groups excluding carboxylic acids is 3. The maximum atomic E-state index is 13.8. The maximum Gasteiger partial charge on any atom is 0.259 e. The second-order valence-corrected chi connectivity index (χ2v) is 11.9. The molecule has 1 saturated heterocycles. The number of thioether (sulfide) groups is 1. The van der Waals surface area contributed by atoms with Crippen LogP contribution in [0.3, 0.4) is 0 Å². The van der Waals surface area contributed by atoms with Crippen LogP contribution in [0.15, 0.2) is 88.8 Å². The molecule has 0 unspecified atom stereocenters. The maximum absolute atomic E-state index is 13.8. The van der Waals surface area contributed by atoms with Crippen LogP contribution in [0, 0.1) is 0 Å². The Labute approximate surface area is 260 Å². The number of para-hydroxylation sites is 2. The Balaban J connectivity index is 1.16. The van der Waals surface area contributed by atoms with Gasteiger partial charge in [0.05, 0.1) is 24.5 Å². The summed E-state index contributed by atoms with van der Waals surface area (Å²) < 4.78 is 5.27. The number of ether oxygens (including phenoxy) is 1. The summed E-state index contributed by atoms with van der Waals surface area (Å²) in [7, 11) is 1.57. The molecule has 1 N–H and O–H groups in total. The molecule has 3 aromatic carbocycles. The summed E-state index contributed by atoms with van der Waals surface area (Å²) in [5, 5.41) is 2.80. The van der Waals surface area contributed by atoms with Gasteiger partial charge in [-0.1, -0.05) is 55.1 Å². The molecule has 11 heteroatoms. The topological polar surface area (TPSA) is 107 Å². The molecule has 3 aliphatic rings. The molecule has 3 aromatic rings. The first-order valence-corrected chi connectivity index (χ1v) is 15.6. The number of nitrogens with zero attached hydrogens (tertiary/aromatic N) is 5. The number of piperazine rings is 1. The zero-order valence-corrected chi connectivity index (χ0v) is 25.5. The second kappa shape index (κ2) is 12.9. The fourth-order valence-corrected chi connectivity index (χ4v) is 6.55. The van der Waals surface area contributed by atoms with E-state index in [0.29, 0.717) is 47.6 Å². The number of fused-ring (bicyclic) bond motifs is 3. The molecule has 6 rings (SSSR count). The molecule has 226 valence electrons. The first-order chi connectivity index (χ1) is 21.4. The van der Waals surface area contributed by atoms with Gasteiger partial charge in [0.1, 0.15) is 17.6 Å². The second-order valence-electron chi connectivity index (χ2n) is 10.7. The number of hydrogen-bond acceptors (Lipinski definition) is 8. The highest BCUT2D eigenvalue weighted by molar-refractivity contribution is 8.15. The lowest BCUT2D eigenvalue weighted by molar-refractivity contribution is -0.135. The highest BCUT2D eigenvalue weighted by Crippen LogP contribution is 2.36. The van der Waals surface area contributed by atoms with Crippen molar-refractivity contribution < 1.29 is 19.1 Å². The van der Waals surface area contributed by atoms with Gasteiger partial charge in [0.2, 0.25) is 11.8 Å². The fourth-order valence-electron chi connectivity index (χ4n) is 5.53. The van der Waals surface area contributed by atoms with E-state index in [1.54, 1.807) is 25.3 Å². The van der Waals surface area contributed by atoms with Crippen LogP contribution in [0.4, 0.5) is 17.1 Å². The summed E-state index contributed by atoms with van der Waals surface area (Å²) in [5.41, 5.74) is 3.15. The number of nitrogens with one attached hydrogen (secondary N) is 1. The zero-order valence-electron chi connectivity index (χ0n) is 24.7. The first kappa shape index (κ1) is 29.4. The van der Waals surface area contributed by atoms with Crippen molar-refractivity contribution in [2.75, 3.05) is 43.5 Å². The van der Waals surface area contributed by atoms with Gasteiger partial charge in [-0.05, 0) is 42.8 Å². The van der Waals surface area contributed by atoms with Crippen molar-refractivity contribution in [3.63, 3.8) is 0 Å². The summed E-state index contributed by atoms with van der Waals surface area (Å²) >= 11 is 1.22. The van der Waals surface area contributed by atoms with Crippen molar-refractivity contribution >= 4 is 57.5 Å². The summed E-state index contributed by atoms with van der Waals surface area (Å²) in [5.74, 6) is 0.500. The number of rotatable bonds is 8. The predicted octanol–water partition coefficient (Wildman–Crippen LogP) is 4.54. The van der Waals surface area contributed by atoms with Crippen LogP contribution in [0.5, 0.6) is 5.75 Å². The minimum Gasteiger partial charge on any atom is -0.497 e. The molecule has 3 amide bonds. The number of hydrogen-bond donors (Lipinski definition) is 1. The molecular weight excluding hydrogens is 576 g/mol. The number of amidine groups is 2. The first-order valence-electron chi connectivity index (χ1n) is 14.7. The van der Waals surface area contributed by atoms with Crippen molar-refractivity contribution in [2.24, 2.45) is 9.98 Å². The monoisotopic (exact) mass is 610 g/mol. The van der Waals surface area contributed by atoms with Crippen LogP contribution in [-0.2, 0) is 14.4 Å². The average molecular weight is 611 g/mol. The minimum absolute atomic E-state index is 0.0161. The highest BCUT2D eigenvalue weighted by Gasteiger charge is 2.43. The smallest absolute Gasteiger partial charge is 0.259 e. The average Bonchev–Trinajstić information content (AvgIpc) is 3.39. The number of benzene rings is 3. The quantitative estimate of drug-likeness (QED) is 0.401. The van der Waals surface area contributed by atoms with E-state index in [4.69, 9.17) is 14.7 Å². The van der Waals surface area contributed by atoms with Crippen LogP contribution in [-0.4, -0.2) is 83.1 Å². The van der Waals surface area contributed by atoms with E-state index < -0.39 is 11.3 Å². The van der Waals surface area contributed by atoms with E-state index in [1.807, 2.05) is 60.4 Å².